The normalized spacial score (nSPS) is 12.0. The lowest BCUT2D eigenvalue weighted by molar-refractivity contribution is 0.354. The van der Waals surface area contributed by atoms with Crippen LogP contribution in [0.25, 0.3) is 0 Å². The zero-order valence-electron chi connectivity index (χ0n) is 12.5. The minimum Gasteiger partial charge on any atom is -0.493 e. The average Bonchev–Trinajstić information content (AvgIpc) is 2.53. The lowest BCUT2D eigenvalue weighted by atomic mass is 9.98. The summed E-state index contributed by atoms with van der Waals surface area (Å²) in [6.45, 7) is 0. The van der Waals surface area contributed by atoms with Crippen molar-refractivity contribution in [2.75, 3.05) is 21.3 Å². The first-order chi connectivity index (χ1) is 10.2. The fraction of sp³-hybridized carbons (Fsp3) is 0.294. The third kappa shape index (κ3) is 3.52. The molecule has 0 heterocycles. The van der Waals surface area contributed by atoms with Crippen molar-refractivity contribution in [1.82, 2.24) is 5.32 Å². The summed E-state index contributed by atoms with van der Waals surface area (Å²) in [6.07, 6.45) is 0.568. The highest BCUT2D eigenvalue weighted by molar-refractivity contribution is 5.44. The van der Waals surface area contributed by atoms with Gasteiger partial charge in [0, 0.05) is 6.04 Å². The lowest BCUT2D eigenvalue weighted by Crippen LogP contribution is -2.19. The van der Waals surface area contributed by atoms with Crippen molar-refractivity contribution in [3.05, 3.63) is 59.4 Å². The minimum absolute atomic E-state index is 0.00158. The van der Waals surface area contributed by atoms with Crippen LogP contribution in [-0.4, -0.2) is 21.3 Å². The molecule has 1 N–H and O–H groups in total. The number of benzene rings is 2. The van der Waals surface area contributed by atoms with Gasteiger partial charge in [0.25, 0.3) is 0 Å². The van der Waals surface area contributed by atoms with Gasteiger partial charge in [0.1, 0.15) is 5.82 Å². The highest BCUT2D eigenvalue weighted by atomic mass is 19.1. The van der Waals surface area contributed by atoms with Gasteiger partial charge in [0.05, 0.1) is 14.2 Å². The minimum atomic E-state index is -0.182. The molecule has 0 aliphatic rings. The van der Waals surface area contributed by atoms with E-state index in [1.54, 1.807) is 26.4 Å². The fourth-order valence-corrected chi connectivity index (χ4v) is 2.34. The van der Waals surface area contributed by atoms with E-state index in [9.17, 15) is 4.39 Å². The van der Waals surface area contributed by atoms with Crippen molar-refractivity contribution in [3.63, 3.8) is 0 Å². The smallest absolute Gasteiger partial charge is 0.161 e. The van der Waals surface area contributed by atoms with E-state index in [1.165, 1.54) is 6.07 Å². The Balaban J connectivity index is 2.27. The van der Waals surface area contributed by atoms with Gasteiger partial charge in [-0.2, -0.15) is 0 Å². The maximum atomic E-state index is 13.8. The molecule has 0 aromatic heterocycles. The SMILES string of the molecule is CNC(Cc1ccccc1F)c1ccc(OC)c(OC)c1. The van der Waals surface area contributed by atoms with Crippen LogP contribution in [0.3, 0.4) is 0 Å². The molecule has 2 rings (SSSR count). The third-order valence-corrected chi connectivity index (χ3v) is 3.54. The van der Waals surface area contributed by atoms with E-state index in [0.29, 0.717) is 23.5 Å². The lowest BCUT2D eigenvalue weighted by Gasteiger charge is -2.19. The summed E-state index contributed by atoms with van der Waals surface area (Å²) in [5.41, 5.74) is 1.71. The molecule has 112 valence electrons. The Morgan fingerprint density at radius 3 is 2.38 bits per heavy atom. The van der Waals surface area contributed by atoms with Crippen molar-refractivity contribution in [3.8, 4) is 11.5 Å². The molecule has 2 aromatic rings. The van der Waals surface area contributed by atoms with Gasteiger partial charge >= 0.3 is 0 Å². The van der Waals surface area contributed by atoms with E-state index in [-0.39, 0.29) is 11.9 Å². The number of halogens is 1. The second kappa shape index (κ2) is 7.09. The molecular weight excluding hydrogens is 269 g/mol. The first-order valence-electron chi connectivity index (χ1n) is 6.82. The van der Waals surface area contributed by atoms with Crippen molar-refractivity contribution >= 4 is 0 Å². The van der Waals surface area contributed by atoms with Crippen molar-refractivity contribution in [2.45, 2.75) is 12.5 Å². The molecule has 0 amide bonds. The largest absolute Gasteiger partial charge is 0.493 e. The fourth-order valence-electron chi connectivity index (χ4n) is 2.34. The number of nitrogens with one attached hydrogen (secondary N) is 1. The van der Waals surface area contributed by atoms with Crippen LogP contribution in [0.4, 0.5) is 4.39 Å². The Morgan fingerprint density at radius 2 is 1.76 bits per heavy atom. The summed E-state index contributed by atoms with van der Waals surface area (Å²) in [4.78, 5) is 0. The van der Waals surface area contributed by atoms with Gasteiger partial charge in [0.2, 0.25) is 0 Å². The molecular formula is C17H20FNO2. The van der Waals surface area contributed by atoms with Gasteiger partial charge in [-0.05, 0) is 42.8 Å². The van der Waals surface area contributed by atoms with Crippen molar-refractivity contribution in [1.29, 1.82) is 0 Å². The van der Waals surface area contributed by atoms with Gasteiger partial charge in [-0.25, -0.2) is 4.39 Å². The zero-order chi connectivity index (χ0) is 15.2. The second-order valence-corrected chi connectivity index (χ2v) is 4.75. The van der Waals surface area contributed by atoms with Crippen LogP contribution in [0.15, 0.2) is 42.5 Å². The third-order valence-electron chi connectivity index (χ3n) is 3.54. The summed E-state index contributed by atoms with van der Waals surface area (Å²) in [6, 6.07) is 12.6. The topological polar surface area (TPSA) is 30.5 Å². The molecule has 0 aliphatic carbocycles. The van der Waals surface area contributed by atoms with Gasteiger partial charge in [0.15, 0.2) is 11.5 Å². The molecule has 3 nitrogen and oxygen atoms in total. The summed E-state index contributed by atoms with van der Waals surface area (Å²) in [5.74, 6) is 1.17. The molecule has 0 bridgehead atoms. The summed E-state index contributed by atoms with van der Waals surface area (Å²) in [7, 11) is 5.07. The summed E-state index contributed by atoms with van der Waals surface area (Å²) < 4.78 is 24.3. The van der Waals surface area contributed by atoms with Gasteiger partial charge in [-0.1, -0.05) is 24.3 Å². The van der Waals surface area contributed by atoms with E-state index in [0.717, 1.165) is 5.56 Å². The molecule has 0 aliphatic heterocycles. The second-order valence-electron chi connectivity index (χ2n) is 4.75. The zero-order valence-corrected chi connectivity index (χ0v) is 12.5. The van der Waals surface area contributed by atoms with E-state index in [4.69, 9.17) is 9.47 Å². The number of ether oxygens (including phenoxy) is 2. The van der Waals surface area contributed by atoms with Crippen LogP contribution >= 0.6 is 0 Å². The van der Waals surface area contributed by atoms with E-state index < -0.39 is 0 Å². The Hall–Kier alpha value is -2.07. The number of hydrogen-bond acceptors (Lipinski definition) is 3. The van der Waals surface area contributed by atoms with Crippen molar-refractivity contribution in [2.24, 2.45) is 0 Å². The molecule has 4 heteroatoms. The highest BCUT2D eigenvalue weighted by Gasteiger charge is 2.15. The highest BCUT2D eigenvalue weighted by Crippen LogP contribution is 2.31. The number of rotatable bonds is 6. The molecule has 1 atom stereocenters. The van der Waals surface area contributed by atoms with Crippen LogP contribution < -0.4 is 14.8 Å². The first-order valence-corrected chi connectivity index (χ1v) is 6.82. The Morgan fingerprint density at radius 1 is 1.05 bits per heavy atom. The van der Waals surface area contributed by atoms with Crippen LogP contribution in [0.5, 0.6) is 11.5 Å². The molecule has 21 heavy (non-hydrogen) atoms. The molecule has 1 unspecified atom stereocenters. The van der Waals surface area contributed by atoms with Crippen LogP contribution in [-0.2, 0) is 6.42 Å². The van der Waals surface area contributed by atoms with E-state index >= 15 is 0 Å². The molecule has 0 saturated carbocycles. The van der Waals surface area contributed by atoms with E-state index in [1.807, 2.05) is 31.3 Å². The van der Waals surface area contributed by atoms with Gasteiger partial charge in [-0.15, -0.1) is 0 Å². The Labute approximate surface area is 124 Å². The maximum absolute atomic E-state index is 13.8. The Bertz CT molecular complexity index is 601. The molecule has 2 aromatic carbocycles. The summed E-state index contributed by atoms with van der Waals surface area (Å²) in [5, 5.41) is 3.22. The number of hydrogen-bond donors (Lipinski definition) is 1. The number of likely N-dealkylation sites (N-methyl/N-ethyl adjacent to an activating group) is 1. The monoisotopic (exact) mass is 289 g/mol. The molecule has 0 fully saturated rings. The molecule has 0 saturated heterocycles. The molecule has 0 spiro atoms. The first kappa shape index (κ1) is 15.3. The maximum Gasteiger partial charge on any atom is 0.161 e. The quantitative estimate of drug-likeness (QED) is 0.884. The van der Waals surface area contributed by atoms with Crippen LogP contribution in [0.2, 0.25) is 0 Å². The number of methoxy groups -OCH3 is 2. The van der Waals surface area contributed by atoms with Gasteiger partial charge < -0.3 is 14.8 Å². The predicted molar refractivity (Wildman–Crippen MR) is 81.5 cm³/mol. The van der Waals surface area contributed by atoms with E-state index in [2.05, 4.69) is 5.32 Å². The van der Waals surface area contributed by atoms with Crippen molar-refractivity contribution < 1.29 is 13.9 Å². The average molecular weight is 289 g/mol. The Kier molecular flexibility index (Phi) is 5.17. The molecule has 0 radical (unpaired) electrons. The van der Waals surface area contributed by atoms with Crippen LogP contribution in [0.1, 0.15) is 17.2 Å². The predicted octanol–water partition coefficient (Wildman–Crippen LogP) is 3.35. The van der Waals surface area contributed by atoms with Gasteiger partial charge in [-0.3, -0.25) is 0 Å². The standard InChI is InChI=1S/C17H20FNO2/c1-19-15(10-12-6-4-5-7-14(12)18)13-8-9-16(20-2)17(11-13)21-3/h4-9,11,15,19H,10H2,1-3H3. The summed E-state index contributed by atoms with van der Waals surface area (Å²) >= 11 is 0. The van der Waals surface area contributed by atoms with Crippen LogP contribution in [0, 0.1) is 5.82 Å².